The molecular weight excluding hydrogens is 246 g/mol. The van der Waals surface area contributed by atoms with Gasteiger partial charge in [0.25, 0.3) is 0 Å². The molecule has 3 rings (SSSR count). The van der Waals surface area contributed by atoms with Gasteiger partial charge in [0.2, 0.25) is 5.65 Å². The van der Waals surface area contributed by atoms with E-state index in [4.69, 9.17) is 4.74 Å². The van der Waals surface area contributed by atoms with Crippen molar-refractivity contribution in [1.29, 1.82) is 0 Å². The van der Waals surface area contributed by atoms with Gasteiger partial charge in [0.05, 0.1) is 18.3 Å². The van der Waals surface area contributed by atoms with Gasteiger partial charge in [-0.15, -0.1) is 10.2 Å². The van der Waals surface area contributed by atoms with Gasteiger partial charge >= 0.3 is 0 Å². The summed E-state index contributed by atoms with van der Waals surface area (Å²) in [6.45, 7) is 5.30. The number of fused-ring (bicyclic) bond motifs is 1. The first-order chi connectivity index (χ1) is 9.09. The first-order valence-electron chi connectivity index (χ1n) is 6.27. The normalized spacial score (nSPS) is 22.9. The van der Waals surface area contributed by atoms with Crippen LogP contribution in [0.5, 0.6) is 0 Å². The summed E-state index contributed by atoms with van der Waals surface area (Å²) >= 11 is 0. The molecular formula is C12H17N5O2. The molecule has 1 aliphatic heterocycles. The van der Waals surface area contributed by atoms with Crippen molar-refractivity contribution in [2.45, 2.75) is 25.6 Å². The van der Waals surface area contributed by atoms with Crippen LogP contribution in [0.4, 0.5) is 5.82 Å². The summed E-state index contributed by atoms with van der Waals surface area (Å²) in [6.07, 6.45) is 4.97. The van der Waals surface area contributed by atoms with Crippen molar-refractivity contribution >= 4 is 11.5 Å². The Morgan fingerprint density at radius 2 is 2.37 bits per heavy atom. The number of aromatic nitrogens is 4. The lowest BCUT2D eigenvalue weighted by atomic mass is 10.1. The number of rotatable bonds is 2. The van der Waals surface area contributed by atoms with E-state index in [9.17, 15) is 5.11 Å². The molecule has 0 bridgehead atoms. The lowest BCUT2D eigenvalue weighted by Gasteiger charge is -2.42. The minimum Gasteiger partial charge on any atom is -0.394 e. The van der Waals surface area contributed by atoms with Crippen LogP contribution < -0.4 is 4.90 Å². The highest BCUT2D eigenvalue weighted by Gasteiger charge is 2.34. The van der Waals surface area contributed by atoms with E-state index in [1.165, 1.54) is 0 Å². The van der Waals surface area contributed by atoms with E-state index in [1.807, 2.05) is 24.4 Å². The highest BCUT2D eigenvalue weighted by atomic mass is 16.5. The molecule has 1 saturated heterocycles. The van der Waals surface area contributed by atoms with Crippen molar-refractivity contribution in [3.8, 4) is 0 Å². The number of nitrogens with zero attached hydrogens (tertiary/aromatic N) is 5. The minimum atomic E-state index is -0.333. The second kappa shape index (κ2) is 4.43. The van der Waals surface area contributed by atoms with Crippen LogP contribution in [0.2, 0.25) is 0 Å². The van der Waals surface area contributed by atoms with Crippen molar-refractivity contribution in [2.75, 3.05) is 24.6 Å². The molecule has 2 aromatic heterocycles. The second-order valence-corrected chi connectivity index (χ2v) is 5.38. The lowest BCUT2D eigenvalue weighted by Crippen LogP contribution is -2.54. The monoisotopic (exact) mass is 263 g/mol. The van der Waals surface area contributed by atoms with Gasteiger partial charge in [0, 0.05) is 25.5 Å². The van der Waals surface area contributed by atoms with Crippen LogP contribution in [0.25, 0.3) is 5.65 Å². The quantitative estimate of drug-likeness (QED) is 0.828. The van der Waals surface area contributed by atoms with Crippen molar-refractivity contribution < 1.29 is 9.84 Å². The van der Waals surface area contributed by atoms with E-state index in [0.717, 1.165) is 11.5 Å². The van der Waals surface area contributed by atoms with E-state index in [2.05, 4.69) is 20.1 Å². The van der Waals surface area contributed by atoms with Gasteiger partial charge in [-0.25, -0.2) is 4.98 Å². The van der Waals surface area contributed by atoms with Crippen LogP contribution in [0.3, 0.4) is 0 Å². The molecule has 0 saturated carbocycles. The van der Waals surface area contributed by atoms with Crippen LogP contribution in [0.1, 0.15) is 13.8 Å². The molecule has 0 amide bonds. The maximum atomic E-state index is 9.36. The molecule has 3 heterocycles. The molecule has 0 spiro atoms. The Labute approximate surface area is 110 Å². The number of aliphatic hydroxyl groups excluding tert-OH is 1. The Morgan fingerprint density at radius 3 is 3.16 bits per heavy atom. The van der Waals surface area contributed by atoms with Gasteiger partial charge in [-0.2, -0.15) is 0 Å². The molecule has 0 aromatic carbocycles. The number of hydrogen-bond acceptors (Lipinski definition) is 6. The van der Waals surface area contributed by atoms with Gasteiger partial charge in [-0.1, -0.05) is 0 Å². The smallest absolute Gasteiger partial charge is 0.203 e. The Bertz CT molecular complexity index is 582. The largest absolute Gasteiger partial charge is 0.394 e. The van der Waals surface area contributed by atoms with Crippen LogP contribution in [0.15, 0.2) is 18.7 Å². The SMILES string of the molecule is CC1(C)CN(c2nccn3cnnc23)CC(CO)O1. The number of hydrogen-bond donors (Lipinski definition) is 1. The van der Waals surface area contributed by atoms with Gasteiger partial charge in [-0.05, 0) is 13.8 Å². The Balaban J connectivity index is 1.98. The van der Waals surface area contributed by atoms with Crippen molar-refractivity contribution in [3.05, 3.63) is 18.7 Å². The first-order valence-corrected chi connectivity index (χ1v) is 6.27. The standard InChI is InChI=1S/C12H17N5O2/c1-12(2)7-17(5-9(6-18)19-12)10-11-15-14-8-16(11)4-3-13-10/h3-4,8-9,18H,5-7H2,1-2H3. The Hall–Kier alpha value is -1.73. The zero-order chi connectivity index (χ0) is 13.5. The summed E-state index contributed by atoms with van der Waals surface area (Å²) in [7, 11) is 0. The van der Waals surface area contributed by atoms with E-state index in [-0.39, 0.29) is 18.3 Å². The fourth-order valence-corrected chi connectivity index (χ4v) is 2.52. The fraction of sp³-hybridized carbons (Fsp3) is 0.583. The van der Waals surface area contributed by atoms with E-state index in [0.29, 0.717) is 13.1 Å². The average molecular weight is 263 g/mol. The summed E-state index contributed by atoms with van der Waals surface area (Å²) < 4.78 is 7.64. The minimum absolute atomic E-state index is 0.00423. The van der Waals surface area contributed by atoms with Gasteiger partial charge in [0.1, 0.15) is 6.33 Å². The molecule has 1 unspecified atom stereocenters. The van der Waals surface area contributed by atoms with Crippen LogP contribution in [-0.4, -0.2) is 56.1 Å². The van der Waals surface area contributed by atoms with Crippen LogP contribution in [0, 0.1) is 0 Å². The zero-order valence-corrected chi connectivity index (χ0v) is 11.0. The first kappa shape index (κ1) is 12.3. The van der Waals surface area contributed by atoms with Crippen molar-refractivity contribution in [2.24, 2.45) is 0 Å². The van der Waals surface area contributed by atoms with Crippen molar-refractivity contribution in [3.63, 3.8) is 0 Å². The van der Waals surface area contributed by atoms with Crippen LogP contribution in [-0.2, 0) is 4.74 Å². The number of morpholine rings is 1. The van der Waals surface area contributed by atoms with Gasteiger partial charge in [-0.3, -0.25) is 4.40 Å². The highest BCUT2D eigenvalue weighted by molar-refractivity contribution is 5.63. The summed E-state index contributed by atoms with van der Waals surface area (Å²) in [5.74, 6) is 0.773. The van der Waals surface area contributed by atoms with E-state index < -0.39 is 0 Å². The molecule has 0 aliphatic carbocycles. The molecule has 19 heavy (non-hydrogen) atoms. The number of aliphatic hydroxyl groups is 1. The molecule has 1 aliphatic rings. The molecule has 1 N–H and O–H groups in total. The third kappa shape index (κ3) is 2.26. The lowest BCUT2D eigenvalue weighted by molar-refractivity contribution is -0.101. The third-order valence-corrected chi connectivity index (χ3v) is 3.18. The summed E-state index contributed by atoms with van der Waals surface area (Å²) in [6, 6.07) is 0. The summed E-state index contributed by atoms with van der Waals surface area (Å²) in [5.41, 5.74) is 0.386. The van der Waals surface area contributed by atoms with Crippen LogP contribution >= 0.6 is 0 Å². The summed E-state index contributed by atoms with van der Waals surface area (Å²) in [5, 5.41) is 17.4. The van der Waals surface area contributed by atoms with Crippen molar-refractivity contribution in [1.82, 2.24) is 19.6 Å². The Kier molecular flexibility index (Phi) is 2.87. The van der Waals surface area contributed by atoms with E-state index >= 15 is 0 Å². The second-order valence-electron chi connectivity index (χ2n) is 5.38. The number of ether oxygens (including phenoxy) is 1. The Morgan fingerprint density at radius 1 is 1.53 bits per heavy atom. The average Bonchev–Trinajstić information content (AvgIpc) is 2.84. The zero-order valence-electron chi connectivity index (χ0n) is 11.0. The van der Waals surface area contributed by atoms with Gasteiger partial charge < -0.3 is 14.7 Å². The fourth-order valence-electron chi connectivity index (χ4n) is 2.52. The third-order valence-electron chi connectivity index (χ3n) is 3.18. The topological polar surface area (TPSA) is 75.8 Å². The highest BCUT2D eigenvalue weighted by Crippen LogP contribution is 2.26. The predicted molar refractivity (Wildman–Crippen MR) is 69.0 cm³/mol. The number of anilines is 1. The summed E-state index contributed by atoms with van der Waals surface area (Å²) in [4.78, 5) is 6.49. The maximum absolute atomic E-state index is 9.36. The molecule has 1 atom stereocenters. The molecule has 0 radical (unpaired) electrons. The molecule has 102 valence electrons. The predicted octanol–water partition coefficient (Wildman–Crippen LogP) is 0.100. The maximum Gasteiger partial charge on any atom is 0.203 e. The van der Waals surface area contributed by atoms with Gasteiger partial charge in [0.15, 0.2) is 5.82 Å². The molecule has 7 heteroatoms. The molecule has 2 aromatic rings. The van der Waals surface area contributed by atoms with E-state index in [1.54, 1.807) is 12.5 Å². The molecule has 1 fully saturated rings. The molecule has 7 nitrogen and oxygen atoms in total.